The van der Waals surface area contributed by atoms with Crippen LogP contribution in [0.3, 0.4) is 0 Å². The van der Waals surface area contributed by atoms with Crippen molar-refractivity contribution in [1.82, 2.24) is 19.4 Å². The van der Waals surface area contributed by atoms with Gasteiger partial charge in [-0.2, -0.15) is 13.2 Å². The Labute approximate surface area is 271 Å². The summed E-state index contributed by atoms with van der Waals surface area (Å²) < 4.78 is 58.8. The average molecular weight is 670 g/mol. The highest BCUT2D eigenvalue weighted by Gasteiger charge is 2.39. The van der Waals surface area contributed by atoms with Gasteiger partial charge in [0, 0.05) is 58.7 Å². The smallest absolute Gasteiger partial charge is 0.410 e. The molecule has 0 saturated heterocycles. The van der Waals surface area contributed by atoms with Crippen molar-refractivity contribution in [3.8, 4) is 0 Å². The SMILES string of the molecule is COCCN1CN(C2CCC(CN(CC(F)(F)F)C(=O)OC(C)(C)C)CC2)c2c(cnc3c2ccn3COCC[Si](C)(C)C)C1=O. The molecule has 4 rings (SSSR count). The third-order valence-corrected chi connectivity index (χ3v) is 10.1. The number of nitrogens with zero attached hydrogens (tertiary/aromatic N) is 5. The molecular formula is C32H50F3N5O5Si. The van der Waals surface area contributed by atoms with Crippen LogP contribution in [0.5, 0.6) is 0 Å². The lowest BCUT2D eigenvalue weighted by molar-refractivity contribution is -0.146. The normalized spacial score (nSPS) is 19.5. The summed E-state index contributed by atoms with van der Waals surface area (Å²) in [7, 11) is 0.369. The Morgan fingerprint density at radius 1 is 1.11 bits per heavy atom. The van der Waals surface area contributed by atoms with Crippen LogP contribution < -0.4 is 4.90 Å². The molecule has 0 spiro atoms. The van der Waals surface area contributed by atoms with Crippen molar-refractivity contribution in [1.29, 1.82) is 0 Å². The zero-order valence-electron chi connectivity index (χ0n) is 28.3. The molecule has 2 aromatic heterocycles. The molecule has 1 aliphatic carbocycles. The minimum atomic E-state index is -4.53. The van der Waals surface area contributed by atoms with E-state index >= 15 is 0 Å². The summed E-state index contributed by atoms with van der Waals surface area (Å²) in [5.74, 6) is -0.209. The molecule has 1 fully saturated rings. The molecule has 46 heavy (non-hydrogen) atoms. The predicted octanol–water partition coefficient (Wildman–Crippen LogP) is 6.57. The van der Waals surface area contributed by atoms with Crippen LogP contribution in [0.2, 0.25) is 25.7 Å². The van der Waals surface area contributed by atoms with Gasteiger partial charge < -0.3 is 28.6 Å². The van der Waals surface area contributed by atoms with Crippen LogP contribution in [0, 0.1) is 5.92 Å². The molecule has 2 amide bonds. The van der Waals surface area contributed by atoms with Gasteiger partial charge in [-0.1, -0.05) is 19.6 Å². The molecule has 0 N–H and O–H groups in total. The number of carbonyl (C=O) groups is 2. The molecule has 10 nitrogen and oxygen atoms in total. The Balaban J connectivity index is 1.54. The lowest BCUT2D eigenvalue weighted by Gasteiger charge is -2.45. The average Bonchev–Trinajstić information content (AvgIpc) is 3.36. The van der Waals surface area contributed by atoms with Gasteiger partial charge in [-0.25, -0.2) is 9.78 Å². The summed E-state index contributed by atoms with van der Waals surface area (Å²) in [6.07, 6.45) is 0.789. The number of hydrogen-bond donors (Lipinski definition) is 0. The lowest BCUT2D eigenvalue weighted by Crippen LogP contribution is -2.53. The van der Waals surface area contributed by atoms with E-state index in [9.17, 15) is 22.8 Å². The number of pyridine rings is 1. The van der Waals surface area contributed by atoms with E-state index in [1.807, 2.05) is 16.8 Å². The zero-order chi connectivity index (χ0) is 33.9. The highest BCUT2D eigenvalue weighted by atomic mass is 28.3. The van der Waals surface area contributed by atoms with E-state index in [1.54, 1.807) is 39.0 Å². The van der Waals surface area contributed by atoms with Crippen molar-refractivity contribution >= 4 is 36.8 Å². The minimum Gasteiger partial charge on any atom is -0.444 e. The predicted molar refractivity (Wildman–Crippen MR) is 174 cm³/mol. The van der Waals surface area contributed by atoms with Crippen molar-refractivity contribution in [3.63, 3.8) is 0 Å². The van der Waals surface area contributed by atoms with E-state index in [4.69, 9.17) is 14.2 Å². The Hall–Kier alpha value is -2.84. The van der Waals surface area contributed by atoms with Crippen LogP contribution in [-0.2, 0) is 20.9 Å². The van der Waals surface area contributed by atoms with Crippen molar-refractivity contribution in [2.75, 3.05) is 51.5 Å². The number of carbonyl (C=O) groups excluding carboxylic acids is 2. The molecule has 0 radical (unpaired) electrons. The summed E-state index contributed by atoms with van der Waals surface area (Å²) in [4.78, 5) is 35.8. The number of aromatic nitrogens is 2. The molecule has 1 saturated carbocycles. The Kier molecular flexibility index (Phi) is 11.4. The fraction of sp³-hybridized carbons (Fsp3) is 0.719. The summed E-state index contributed by atoms with van der Waals surface area (Å²) in [6, 6.07) is 3.09. The van der Waals surface area contributed by atoms with Gasteiger partial charge in [0.1, 0.15) is 24.5 Å². The van der Waals surface area contributed by atoms with Crippen LogP contribution in [-0.4, -0.2) is 104 Å². The molecule has 0 aromatic carbocycles. The van der Waals surface area contributed by atoms with Crippen molar-refractivity contribution < 1.29 is 37.0 Å². The largest absolute Gasteiger partial charge is 0.444 e. The molecule has 0 unspecified atom stereocenters. The topological polar surface area (TPSA) is 89.4 Å². The van der Waals surface area contributed by atoms with Gasteiger partial charge in [0.15, 0.2) is 0 Å². The highest BCUT2D eigenvalue weighted by Crippen LogP contribution is 2.40. The Bertz CT molecular complexity index is 1350. The first-order valence-electron chi connectivity index (χ1n) is 16.1. The van der Waals surface area contributed by atoms with Crippen LogP contribution in [0.15, 0.2) is 18.5 Å². The summed E-state index contributed by atoms with van der Waals surface area (Å²) >= 11 is 0. The molecule has 0 atom stereocenters. The number of alkyl halides is 3. The van der Waals surface area contributed by atoms with Gasteiger partial charge in [-0.15, -0.1) is 0 Å². The third-order valence-electron chi connectivity index (χ3n) is 8.44. The number of amides is 2. The van der Waals surface area contributed by atoms with Crippen LogP contribution >= 0.6 is 0 Å². The van der Waals surface area contributed by atoms with Crippen LogP contribution in [0.25, 0.3) is 11.0 Å². The second-order valence-corrected chi connectivity index (χ2v) is 20.3. The van der Waals surface area contributed by atoms with Crippen molar-refractivity contribution in [3.05, 3.63) is 24.0 Å². The molecule has 258 valence electrons. The maximum atomic E-state index is 13.6. The van der Waals surface area contributed by atoms with Crippen LogP contribution in [0.4, 0.5) is 23.7 Å². The molecule has 14 heteroatoms. The first-order chi connectivity index (χ1) is 21.5. The van der Waals surface area contributed by atoms with Gasteiger partial charge in [0.25, 0.3) is 5.91 Å². The van der Waals surface area contributed by atoms with E-state index in [0.717, 1.165) is 27.7 Å². The van der Waals surface area contributed by atoms with E-state index in [0.29, 0.717) is 64.4 Å². The van der Waals surface area contributed by atoms with Gasteiger partial charge >= 0.3 is 12.3 Å². The number of hydrogen-bond acceptors (Lipinski definition) is 7. The Morgan fingerprint density at radius 3 is 2.41 bits per heavy atom. The lowest BCUT2D eigenvalue weighted by atomic mass is 9.84. The number of ether oxygens (including phenoxy) is 3. The quantitative estimate of drug-likeness (QED) is 0.187. The maximum absolute atomic E-state index is 13.6. The molecule has 2 aromatic rings. The monoisotopic (exact) mass is 669 g/mol. The molecule has 0 bridgehead atoms. The molecule has 2 aliphatic rings. The van der Waals surface area contributed by atoms with E-state index in [1.165, 1.54) is 0 Å². The third kappa shape index (κ3) is 9.60. The zero-order valence-corrected chi connectivity index (χ0v) is 29.3. The summed E-state index contributed by atoms with van der Waals surface area (Å²) in [5.41, 5.74) is 1.20. The number of anilines is 1. The second-order valence-electron chi connectivity index (χ2n) is 14.7. The molecular weight excluding hydrogens is 619 g/mol. The van der Waals surface area contributed by atoms with Gasteiger partial charge in [0.05, 0.1) is 24.5 Å². The second kappa shape index (κ2) is 14.5. The standard InChI is InChI=1S/C32H50F3N5O5Si/c1-31(2,3)45-30(42)39(20-32(33,34)35)19-23-8-10-24(11-9-23)40-21-37(14-15-43-4)29(41)26-18-36-28-25(27(26)40)12-13-38(28)22-44-16-17-46(5,6)7/h12-13,18,23-24H,8-11,14-17,19-22H2,1-7H3. The first-order valence-corrected chi connectivity index (χ1v) is 19.8. The molecule has 3 heterocycles. The fourth-order valence-electron chi connectivity index (χ4n) is 6.09. The van der Waals surface area contributed by atoms with E-state index < -0.39 is 32.5 Å². The minimum absolute atomic E-state index is 0.0229. The van der Waals surface area contributed by atoms with Gasteiger partial charge in [-0.05, 0) is 64.5 Å². The van der Waals surface area contributed by atoms with Crippen molar-refractivity contribution in [2.45, 2.75) is 96.7 Å². The summed E-state index contributed by atoms with van der Waals surface area (Å²) in [5, 5.41) is 0.870. The Morgan fingerprint density at radius 2 is 1.80 bits per heavy atom. The number of methoxy groups -OCH3 is 1. The first kappa shape index (κ1) is 36.0. The number of fused-ring (bicyclic) bond motifs is 3. The maximum Gasteiger partial charge on any atom is 0.410 e. The fourth-order valence-corrected chi connectivity index (χ4v) is 6.85. The van der Waals surface area contributed by atoms with Gasteiger partial charge in [-0.3, -0.25) is 9.69 Å². The van der Waals surface area contributed by atoms with Crippen molar-refractivity contribution in [2.24, 2.45) is 5.92 Å². The highest BCUT2D eigenvalue weighted by molar-refractivity contribution is 6.76. The van der Waals surface area contributed by atoms with Gasteiger partial charge in [0.2, 0.25) is 0 Å². The number of rotatable bonds is 12. The summed E-state index contributed by atoms with van der Waals surface area (Å²) in [6.45, 7) is 12.7. The molecule has 1 aliphatic heterocycles. The van der Waals surface area contributed by atoms with Crippen LogP contribution in [0.1, 0.15) is 56.8 Å². The van der Waals surface area contributed by atoms with E-state index in [-0.39, 0.29) is 24.4 Å². The van der Waals surface area contributed by atoms with E-state index in [2.05, 4.69) is 29.5 Å². The number of halogens is 3.